The number of hydrogen-bond acceptors (Lipinski definition) is 1. The van der Waals surface area contributed by atoms with Gasteiger partial charge in [-0.15, -0.1) is 10.8 Å². The Morgan fingerprint density at radius 2 is 1.32 bits per heavy atom. The predicted molar refractivity (Wildman–Crippen MR) is 103 cm³/mol. The van der Waals surface area contributed by atoms with Crippen LogP contribution in [0.4, 0.5) is 11.4 Å². The minimum atomic E-state index is 0.336. The monoisotopic (exact) mass is 535 g/mol. The van der Waals surface area contributed by atoms with Crippen molar-refractivity contribution in [3.05, 3.63) is 96.4 Å². The second-order valence-electron chi connectivity index (χ2n) is 4.90. The van der Waals surface area contributed by atoms with Crippen molar-refractivity contribution in [3.63, 3.8) is 0 Å². The molecule has 0 fully saturated rings. The van der Waals surface area contributed by atoms with Crippen LogP contribution in [0, 0.1) is 0 Å². The molecule has 6 heteroatoms. The number of rotatable bonds is 3. The van der Waals surface area contributed by atoms with Crippen LogP contribution in [0.15, 0.2) is 101 Å². The molecule has 0 aromatic heterocycles. The molecule has 1 N–H and O–H groups in total. The molecule has 0 unspecified atom stereocenters. The first kappa shape index (κ1) is 19.4. The van der Waals surface area contributed by atoms with Crippen LogP contribution in [0.2, 0.25) is 0 Å². The van der Waals surface area contributed by atoms with Crippen LogP contribution in [0.25, 0.3) is 5.43 Å². The number of nitrogens with zero attached hydrogens (tertiary/aromatic N) is 3. The van der Waals surface area contributed by atoms with Gasteiger partial charge in [-0.3, -0.25) is 5.43 Å². The number of para-hydroxylation sites is 1. The first-order valence-corrected chi connectivity index (χ1v) is 10.8. The molecule has 120 valence electrons. The Balaban J connectivity index is 0.000000269. The second-order valence-corrected chi connectivity index (χ2v) is 8.50. The standard InChI is InChI=1S/C13H12N4S.C6H5.Hg/c18-13(16-14-11-7-3-1-4-8-11)17-15-12-9-5-2-6-10-12;1-2-4-6-5-3-1;/h1-10H,(H2,14,15,16,17,18);1-5H;/q;;+1. The van der Waals surface area contributed by atoms with Gasteiger partial charge in [0.05, 0.1) is 5.69 Å². The van der Waals surface area contributed by atoms with Crippen molar-refractivity contribution in [3.8, 4) is 0 Å². The summed E-state index contributed by atoms with van der Waals surface area (Å²) in [6, 6.07) is 29.5. The molecule has 0 aliphatic carbocycles. The minimum Gasteiger partial charge on any atom is -0.613 e. The third-order valence-electron chi connectivity index (χ3n) is 2.90. The van der Waals surface area contributed by atoms with E-state index in [9.17, 15) is 0 Å². The molecule has 0 aliphatic rings. The zero-order chi connectivity index (χ0) is 17.7. The summed E-state index contributed by atoms with van der Waals surface area (Å²) in [5.74, 6) is 0. The quantitative estimate of drug-likeness (QED) is 0.135. The molecule has 25 heavy (non-hydrogen) atoms. The van der Waals surface area contributed by atoms with Gasteiger partial charge in [-0.1, -0.05) is 53.6 Å². The van der Waals surface area contributed by atoms with Crippen LogP contribution in [0.5, 0.6) is 0 Å². The van der Waals surface area contributed by atoms with E-state index in [4.69, 9.17) is 0 Å². The maximum absolute atomic E-state index is 4.14. The number of benzene rings is 3. The maximum Gasteiger partial charge on any atom is 0.369 e. The van der Waals surface area contributed by atoms with Crippen LogP contribution in [0.3, 0.4) is 0 Å². The molecule has 3 rings (SSSR count). The van der Waals surface area contributed by atoms with Gasteiger partial charge < -0.3 is 5.43 Å². The van der Waals surface area contributed by atoms with Gasteiger partial charge in [-0.2, -0.15) is 0 Å². The Morgan fingerprint density at radius 3 is 1.84 bits per heavy atom. The molecule has 0 atom stereocenters. The fraction of sp³-hybridized carbons (Fsp3) is 0. The van der Waals surface area contributed by atoms with Crippen LogP contribution in [0.1, 0.15) is 0 Å². The summed E-state index contributed by atoms with van der Waals surface area (Å²) < 4.78 is 1.52. The van der Waals surface area contributed by atoms with Crippen LogP contribution in [-0.4, -0.2) is 5.11 Å². The summed E-state index contributed by atoms with van der Waals surface area (Å²) in [7, 11) is 0. The van der Waals surface area contributed by atoms with E-state index in [0.717, 1.165) is 37.5 Å². The number of hydrogen-bond donors (Lipinski definition) is 1. The van der Waals surface area contributed by atoms with Gasteiger partial charge in [-0.25, -0.2) is 0 Å². The Kier molecular flexibility index (Phi) is 8.97. The van der Waals surface area contributed by atoms with E-state index in [1.54, 1.807) is 0 Å². The summed E-state index contributed by atoms with van der Waals surface area (Å²) in [6.07, 6.45) is 0. The van der Waals surface area contributed by atoms with Gasteiger partial charge >= 0.3 is 64.6 Å². The SMILES string of the molecule is [Hg+][c]1ccccc1.[SH+]=C(N=Nc1ccccc1)N[N-]c1ccccc1. The van der Waals surface area contributed by atoms with Crippen molar-refractivity contribution >= 4 is 31.8 Å². The fourth-order valence-corrected chi connectivity index (χ4v) is 2.87. The zero-order valence-electron chi connectivity index (χ0n) is 13.7. The van der Waals surface area contributed by atoms with E-state index in [2.05, 4.69) is 63.6 Å². The molecule has 3 aromatic carbocycles. The van der Waals surface area contributed by atoms with E-state index < -0.39 is 0 Å². The topological polar surface area (TPSA) is 50.9 Å². The number of azo groups is 1. The van der Waals surface area contributed by atoms with Gasteiger partial charge in [0.15, 0.2) is 0 Å². The van der Waals surface area contributed by atoms with E-state index in [1.807, 2.05) is 60.7 Å². The van der Waals surface area contributed by atoms with Gasteiger partial charge in [0.25, 0.3) is 0 Å². The van der Waals surface area contributed by atoms with E-state index in [1.165, 1.54) is 3.07 Å². The summed E-state index contributed by atoms with van der Waals surface area (Å²) in [5, 5.41) is 8.25. The summed E-state index contributed by atoms with van der Waals surface area (Å²) in [5.41, 5.74) is 8.39. The van der Waals surface area contributed by atoms with Gasteiger partial charge in [0.2, 0.25) is 12.2 Å². The Bertz CT molecular complexity index is 780. The van der Waals surface area contributed by atoms with Crippen LogP contribution >= 0.6 is 0 Å². The molecule has 0 saturated heterocycles. The van der Waals surface area contributed by atoms with E-state index in [-0.39, 0.29) is 0 Å². The Labute approximate surface area is 169 Å². The van der Waals surface area contributed by atoms with Crippen LogP contribution < -0.4 is 8.50 Å². The molecule has 0 radical (unpaired) electrons. The van der Waals surface area contributed by atoms with E-state index in [0.29, 0.717) is 5.11 Å². The Hall–Kier alpha value is -1.95. The third kappa shape index (κ3) is 8.63. The summed E-state index contributed by atoms with van der Waals surface area (Å²) >= 11 is 4.95. The van der Waals surface area contributed by atoms with Crippen molar-refractivity contribution in [1.29, 1.82) is 0 Å². The largest absolute Gasteiger partial charge is 0.613 e. The van der Waals surface area contributed by atoms with Crippen molar-refractivity contribution in [2.45, 2.75) is 0 Å². The maximum atomic E-state index is 4.14. The molecule has 0 amide bonds. The molecule has 3 aromatic rings. The molecule has 0 heterocycles. The van der Waals surface area contributed by atoms with Gasteiger partial charge in [0.1, 0.15) is 0 Å². The average Bonchev–Trinajstić information content (AvgIpc) is 2.67. The summed E-state index contributed by atoms with van der Waals surface area (Å²) in [4.78, 5) is 0. The van der Waals surface area contributed by atoms with Crippen LogP contribution in [-0.2, 0) is 38.3 Å². The number of nitrogens with one attached hydrogen (secondary N) is 1. The molecule has 0 saturated carbocycles. The normalized spacial score (nSPS) is 10.0. The first-order valence-electron chi connectivity index (χ1n) is 7.65. The van der Waals surface area contributed by atoms with Crippen molar-refractivity contribution in [2.24, 2.45) is 10.2 Å². The van der Waals surface area contributed by atoms with E-state index >= 15 is 0 Å². The zero-order valence-corrected chi connectivity index (χ0v) is 20.0. The third-order valence-corrected chi connectivity index (χ3v) is 4.92. The Morgan fingerprint density at radius 1 is 0.800 bits per heavy atom. The minimum absolute atomic E-state index is 0.336. The summed E-state index contributed by atoms with van der Waals surface area (Å²) in [6.45, 7) is 0. The predicted octanol–water partition coefficient (Wildman–Crippen LogP) is 4.21. The van der Waals surface area contributed by atoms with Crippen molar-refractivity contribution in [2.75, 3.05) is 0 Å². The first-order chi connectivity index (χ1) is 12.2. The van der Waals surface area contributed by atoms with Gasteiger partial charge in [-0.05, 0) is 12.1 Å². The van der Waals surface area contributed by atoms with Crippen molar-refractivity contribution in [1.82, 2.24) is 5.43 Å². The molecule has 0 spiro atoms. The number of thiol groups is 1. The molecular weight excluding hydrogens is 517 g/mol. The van der Waals surface area contributed by atoms with Crippen molar-refractivity contribution < 1.29 is 26.1 Å². The smallest absolute Gasteiger partial charge is 0.369 e. The molecule has 0 aliphatic heterocycles. The fourth-order valence-electron chi connectivity index (χ4n) is 1.72. The average molecular weight is 534 g/mol. The molecule has 4 nitrogen and oxygen atoms in total. The molecular formula is C19H17HgN4S+. The van der Waals surface area contributed by atoms with Gasteiger partial charge in [0, 0.05) is 0 Å². The molecule has 0 bridgehead atoms. The second kappa shape index (κ2) is 11.6.